The Labute approximate surface area is 110 Å². The first-order valence-corrected chi connectivity index (χ1v) is 5.49. The summed E-state index contributed by atoms with van der Waals surface area (Å²) < 4.78 is 0. The maximum absolute atomic E-state index is 9.88. The summed E-state index contributed by atoms with van der Waals surface area (Å²) in [6, 6.07) is 0. The number of ketones is 4. The number of carbonyl (C=O) groups is 4. The highest BCUT2D eigenvalue weighted by Gasteiger charge is 1.84. The molecule has 0 radical (unpaired) electrons. The van der Waals surface area contributed by atoms with Crippen molar-refractivity contribution in [2.45, 2.75) is 54.9 Å². The number of aliphatic hydroxyl groups excluding tert-OH is 1. The first-order chi connectivity index (χ1) is 7.97. The molecule has 0 rings (SSSR count). The highest BCUT2D eigenvalue weighted by Crippen LogP contribution is 1.74. The molecule has 1 N–H and O–H groups in total. The van der Waals surface area contributed by atoms with Crippen LogP contribution < -0.4 is 0 Å². The molecule has 0 saturated carbocycles. The number of carbonyl (C=O) groups excluding carboxylic acids is 4. The van der Waals surface area contributed by atoms with Gasteiger partial charge in [0.2, 0.25) is 0 Å². The quantitative estimate of drug-likeness (QED) is 0.818. The van der Waals surface area contributed by atoms with Crippen LogP contribution in [0.5, 0.6) is 0 Å². The van der Waals surface area contributed by atoms with Gasteiger partial charge in [0.25, 0.3) is 0 Å². The van der Waals surface area contributed by atoms with E-state index in [1.807, 2.05) is 0 Å². The van der Waals surface area contributed by atoms with E-state index in [0.29, 0.717) is 6.42 Å². The van der Waals surface area contributed by atoms with Gasteiger partial charge in [0.05, 0.1) is 0 Å². The lowest BCUT2D eigenvalue weighted by atomic mass is 10.3. The van der Waals surface area contributed by atoms with Gasteiger partial charge in [0.1, 0.15) is 23.1 Å². The third-order valence-electron chi connectivity index (χ3n) is 0.464. The third kappa shape index (κ3) is 1010. The molecule has 0 atom stereocenters. The van der Waals surface area contributed by atoms with Crippen LogP contribution in [0.4, 0.5) is 0 Å². The Balaban J connectivity index is -0.0000000742. The molecule has 0 fully saturated rings. The van der Waals surface area contributed by atoms with Crippen molar-refractivity contribution in [2.24, 2.45) is 0 Å². The smallest absolute Gasteiger partial charge is 0.132 e. The van der Waals surface area contributed by atoms with E-state index in [-0.39, 0.29) is 29.7 Å². The fourth-order valence-electron chi connectivity index (χ4n) is 0.157. The summed E-state index contributed by atoms with van der Waals surface area (Å²) in [5.41, 5.74) is 0. The molecular formula is C13H26O5. The van der Waals surface area contributed by atoms with E-state index in [1.165, 1.54) is 48.5 Å². The first-order valence-electron chi connectivity index (χ1n) is 5.49. The van der Waals surface area contributed by atoms with Crippen LogP contribution in [0.25, 0.3) is 0 Å². The molecule has 0 bridgehead atoms. The van der Waals surface area contributed by atoms with E-state index >= 15 is 0 Å². The average Bonchev–Trinajstić information content (AvgIpc) is 1.98. The van der Waals surface area contributed by atoms with Crippen LogP contribution in [0.3, 0.4) is 0 Å². The fourth-order valence-corrected chi connectivity index (χ4v) is 0.157. The van der Waals surface area contributed by atoms with Gasteiger partial charge in [0, 0.05) is 13.0 Å². The van der Waals surface area contributed by atoms with Gasteiger partial charge in [-0.3, -0.25) is 4.79 Å². The summed E-state index contributed by atoms with van der Waals surface area (Å²) in [6.07, 6.45) is 0.292. The molecular weight excluding hydrogens is 236 g/mol. The maximum Gasteiger partial charge on any atom is 0.132 e. The molecule has 0 aromatic carbocycles. The minimum atomic E-state index is -0.0185. The zero-order valence-electron chi connectivity index (χ0n) is 12.5. The van der Waals surface area contributed by atoms with Crippen molar-refractivity contribution in [3.05, 3.63) is 0 Å². The van der Waals surface area contributed by atoms with E-state index in [9.17, 15) is 19.2 Å². The van der Waals surface area contributed by atoms with Gasteiger partial charge < -0.3 is 19.5 Å². The van der Waals surface area contributed by atoms with Crippen molar-refractivity contribution in [1.82, 2.24) is 0 Å². The number of hydrogen-bond donors (Lipinski definition) is 1. The second kappa shape index (κ2) is 21.0. The molecule has 108 valence electrons. The molecule has 0 aliphatic rings. The van der Waals surface area contributed by atoms with Crippen LogP contribution in [0.2, 0.25) is 0 Å². The molecule has 0 spiro atoms. The Morgan fingerprint density at radius 2 is 0.833 bits per heavy atom. The Morgan fingerprint density at radius 1 is 0.667 bits per heavy atom. The SMILES string of the molecule is CC(=O)CCO.CC(C)=O.CC(C)=O.CC(C)=O. The van der Waals surface area contributed by atoms with E-state index < -0.39 is 0 Å². The monoisotopic (exact) mass is 262 g/mol. The molecule has 0 aromatic rings. The molecule has 0 aromatic heterocycles. The number of aliphatic hydroxyl groups is 1. The first kappa shape index (κ1) is 25.5. The maximum atomic E-state index is 9.88. The Morgan fingerprint density at radius 3 is 0.833 bits per heavy atom. The lowest BCUT2D eigenvalue weighted by molar-refractivity contribution is -0.118. The summed E-state index contributed by atoms with van der Waals surface area (Å²) in [5.74, 6) is 0.539. The average molecular weight is 262 g/mol. The molecule has 0 aliphatic heterocycles. The largest absolute Gasteiger partial charge is 0.396 e. The van der Waals surface area contributed by atoms with Crippen molar-refractivity contribution in [2.75, 3.05) is 6.61 Å². The zero-order chi connectivity index (χ0) is 15.7. The van der Waals surface area contributed by atoms with Gasteiger partial charge in [-0.1, -0.05) is 0 Å². The van der Waals surface area contributed by atoms with Crippen molar-refractivity contribution in [3.8, 4) is 0 Å². The Bertz CT molecular complexity index is 203. The van der Waals surface area contributed by atoms with Crippen molar-refractivity contribution >= 4 is 23.1 Å². The van der Waals surface area contributed by atoms with Crippen LogP contribution >= 0.6 is 0 Å². The van der Waals surface area contributed by atoms with Crippen molar-refractivity contribution in [3.63, 3.8) is 0 Å². The van der Waals surface area contributed by atoms with Crippen LogP contribution in [0.1, 0.15) is 54.9 Å². The molecule has 0 amide bonds. The van der Waals surface area contributed by atoms with E-state index in [0.717, 1.165) is 0 Å². The minimum Gasteiger partial charge on any atom is -0.396 e. The van der Waals surface area contributed by atoms with E-state index in [2.05, 4.69) is 0 Å². The van der Waals surface area contributed by atoms with Crippen LogP contribution in [-0.2, 0) is 19.2 Å². The minimum absolute atomic E-state index is 0.0185. The van der Waals surface area contributed by atoms with Gasteiger partial charge in [-0.2, -0.15) is 0 Å². The second-order valence-corrected chi connectivity index (χ2v) is 3.90. The molecule has 0 saturated heterocycles. The number of rotatable bonds is 2. The Kier molecular flexibility index (Phi) is 29.7. The van der Waals surface area contributed by atoms with Gasteiger partial charge in [-0.15, -0.1) is 0 Å². The zero-order valence-corrected chi connectivity index (χ0v) is 12.5. The van der Waals surface area contributed by atoms with Gasteiger partial charge >= 0.3 is 0 Å². The highest BCUT2D eigenvalue weighted by atomic mass is 16.3. The van der Waals surface area contributed by atoms with Crippen LogP contribution in [0.15, 0.2) is 0 Å². The van der Waals surface area contributed by atoms with Gasteiger partial charge in [0.15, 0.2) is 0 Å². The summed E-state index contributed by atoms with van der Waals surface area (Å²) >= 11 is 0. The third-order valence-corrected chi connectivity index (χ3v) is 0.464. The second-order valence-electron chi connectivity index (χ2n) is 3.90. The topological polar surface area (TPSA) is 88.5 Å². The summed E-state index contributed by atoms with van der Waals surface area (Å²) in [6.45, 7) is 10.6. The molecule has 5 heteroatoms. The molecule has 0 aliphatic carbocycles. The summed E-state index contributed by atoms with van der Waals surface area (Å²) in [7, 11) is 0. The van der Waals surface area contributed by atoms with Crippen LogP contribution in [0, 0.1) is 0 Å². The number of hydrogen-bond acceptors (Lipinski definition) is 5. The van der Waals surface area contributed by atoms with E-state index in [1.54, 1.807) is 0 Å². The predicted molar refractivity (Wildman–Crippen MR) is 71.4 cm³/mol. The van der Waals surface area contributed by atoms with Crippen LogP contribution in [-0.4, -0.2) is 34.8 Å². The predicted octanol–water partition coefficient (Wildman–Crippen LogP) is 1.74. The summed E-state index contributed by atoms with van der Waals surface area (Å²) in [5, 5.41) is 8.02. The van der Waals surface area contributed by atoms with Gasteiger partial charge in [-0.05, 0) is 48.5 Å². The standard InChI is InChI=1S/C4H8O2.3C3H6O/c1-4(6)2-3-5;3*1-3(2)4/h5H,2-3H2,1H3;3*1-2H3. The lowest BCUT2D eigenvalue weighted by Crippen LogP contribution is -1.92. The number of Topliss-reactive ketones (excluding diaryl/α,β-unsaturated/α-hetero) is 4. The highest BCUT2D eigenvalue weighted by molar-refractivity contribution is 5.75. The Hall–Kier alpha value is -1.36. The normalized spacial score (nSPS) is 7.11. The fraction of sp³-hybridized carbons (Fsp3) is 0.692. The molecule has 0 unspecified atom stereocenters. The van der Waals surface area contributed by atoms with Crippen molar-refractivity contribution in [1.29, 1.82) is 0 Å². The molecule has 18 heavy (non-hydrogen) atoms. The van der Waals surface area contributed by atoms with Crippen molar-refractivity contribution < 1.29 is 24.3 Å². The lowest BCUT2D eigenvalue weighted by Gasteiger charge is -1.80. The van der Waals surface area contributed by atoms with Gasteiger partial charge in [-0.25, -0.2) is 0 Å². The molecule has 0 heterocycles. The molecule has 5 nitrogen and oxygen atoms in total. The van der Waals surface area contributed by atoms with E-state index in [4.69, 9.17) is 5.11 Å². The summed E-state index contributed by atoms with van der Waals surface area (Å²) in [4.78, 5) is 38.2.